The lowest BCUT2D eigenvalue weighted by Gasteiger charge is -2.36. The van der Waals surface area contributed by atoms with Crippen molar-refractivity contribution in [2.75, 3.05) is 6.54 Å². The van der Waals surface area contributed by atoms with Crippen molar-refractivity contribution >= 4 is 17.8 Å². The van der Waals surface area contributed by atoms with Gasteiger partial charge in [0.05, 0.1) is 0 Å². The van der Waals surface area contributed by atoms with Crippen molar-refractivity contribution in [3.05, 3.63) is 35.4 Å². The van der Waals surface area contributed by atoms with Crippen LogP contribution in [0.5, 0.6) is 0 Å². The van der Waals surface area contributed by atoms with Gasteiger partial charge in [0.15, 0.2) is 6.04 Å². The number of carbonyl (C=O) groups is 3. The monoisotopic (exact) mass is 290 g/mol. The van der Waals surface area contributed by atoms with Gasteiger partial charge < -0.3 is 15.3 Å². The summed E-state index contributed by atoms with van der Waals surface area (Å²) in [5.41, 5.74) is 1.58. The molecule has 0 radical (unpaired) electrons. The molecule has 0 saturated heterocycles. The summed E-state index contributed by atoms with van der Waals surface area (Å²) in [5.74, 6) is -1.77. The highest BCUT2D eigenvalue weighted by atomic mass is 16.4. The number of fused-ring (bicyclic) bond motifs is 1. The Morgan fingerprint density at radius 3 is 2.62 bits per heavy atom. The number of amides is 2. The van der Waals surface area contributed by atoms with Gasteiger partial charge >= 0.3 is 5.97 Å². The zero-order valence-electron chi connectivity index (χ0n) is 12.0. The van der Waals surface area contributed by atoms with E-state index in [-0.39, 0.29) is 11.8 Å². The predicted octanol–water partition coefficient (Wildman–Crippen LogP) is 0.722. The SMILES string of the molecule is CC(=O)NC(C)C(=O)N1CCc2ccccc2C1C(=O)O. The minimum atomic E-state index is -1.06. The Morgan fingerprint density at radius 1 is 1.33 bits per heavy atom. The molecule has 0 saturated carbocycles. The van der Waals surface area contributed by atoms with E-state index in [1.54, 1.807) is 19.1 Å². The van der Waals surface area contributed by atoms with Crippen LogP contribution in [0.1, 0.15) is 31.0 Å². The summed E-state index contributed by atoms with van der Waals surface area (Å²) in [5, 5.41) is 12.0. The molecule has 0 bridgehead atoms. The highest BCUT2D eigenvalue weighted by molar-refractivity contribution is 5.90. The van der Waals surface area contributed by atoms with Crippen molar-refractivity contribution in [1.82, 2.24) is 10.2 Å². The van der Waals surface area contributed by atoms with E-state index in [1.165, 1.54) is 11.8 Å². The zero-order valence-corrected chi connectivity index (χ0v) is 12.0. The van der Waals surface area contributed by atoms with Gasteiger partial charge in [-0.15, -0.1) is 0 Å². The lowest BCUT2D eigenvalue weighted by atomic mass is 9.92. The molecule has 112 valence electrons. The number of hydrogen-bond donors (Lipinski definition) is 2. The summed E-state index contributed by atoms with van der Waals surface area (Å²) in [6, 6.07) is 5.49. The molecule has 2 rings (SSSR count). The van der Waals surface area contributed by atoms with Crippen LogP contribution < -0.4 is 5.32 Å². The third-order valence-corrected chi connectivity index (χ3v) is 3.59. The normalized spacial score (nSPS) is 18.6. The summed E-state index contributed by atoms with van der Waals surface area (Å²) in [6.07, 6.45) is 0.610. The molecule has 2 N–H and O–H groups in total. The first kappa shape index (κ1) is 15.0. The molecule has 0 aliphatic carbocycles. The second-order valence-corrected chi connectivity index (χ2v) is 5.14. The van der Waals surface area contributed by atoms with E-state index >= 15 is 0 Å². The summed E-state index contributed by atoms with van der Waals surface area (Å²) in [4.78, 5) is 36.4. The third-order valence-electron chi connectivity index (χ3n) is 3.59. The van der Waals surface area contributed by atoms with Gasteiger partial charge in [-0.2, -0.15) is 0 Å². The molecule has 6 heteroatoms. The molecule has 0 fully saturated rings. The number of benzene rings is 1. The quantitative estimate of drug-likeness (QED) is 0.859. The number of carboxylic acid groups (broad SMARTS) is 1. The van der Waals surface area contributed by atoms with E-state index in [0.29, 0.717) is 18.5 Å². The lowest BCUT2D eigenvalue weighted by molar-refractivity contribution is -0.152. The fourth-order valence-corrected chi connectivity index (χ4v) is 2.69. The molecule has 2 unspecified atom stereocenters. The highest BCUT2D eigenvalue weighted by Gasteiger charge is 2.37. The molecule has 2 atom stereocenters. The van der Waals surface area contributed by atoms with Crippen LogP contribution in [0.25, 0.3) is 0 Å². The van der Waals surface area contributed by atoms with Crippen LogP contribution in [0.4, 0.5) is 0 Å². The Morgan fingerprint density at radius 2 is 2.00 bits per heavy atom. The van der Waals surface area contributed by atoms with Crippen LogP contribution in [-0.4, -0.2) is 40.4 Å². The summed E-state index contributed by atoms with van der Waals surface area (Å²) < 4.78 is 0. The van der Waals surface area contributed by atoms with Crippen molar-refractivity contribution in [3.8, 4) is 0 Å². The summed E-state index contributed by atoms with van der Waals surface area (Å²) in [7, 11) is 0. The van der Waals surface area contributed by atoms with Crippen LogP contribution in [-0.2, 0) is 20.8 Å². The van der Waals surface area contributed by atoms with Crippen molar-refractivity contribution in [2.45, 2.75) is 32.4 Å². The Bertz CT molecular complexity index is 585. The number of nitrogens with zero attached hydrogens (tertiary/aromatic N) is 1. The maximum absolute atomic E-state index is 12.4. The van der Waals surface area contributed by atoms with E-state index < -0.39 is 18.1 Å². The Kier molecular flexibility index (Phi) is 4.26. The molecule has 2 amide bonds. The van der Waals surface area contributed by atoms with E-state index in [0.717, 1.165) is 5.56 Å². The van der Waals surface area contributed by atoms with E-state index in [9.17, 15) is 19.5 Å². The number of hydrogen-bond acceptors (Lipinski definition) is 3. The smallest absolute Gasteiger partial charge is 0.331 e. The van der Waals surface area contributed by atoms with Crippen molar-refractivity contribution in [1.29, 1.82) is 0 Å². The van der Waals surface area contributed by atoms with Crippen LogP contribution in [0.15, 0.2) is 24.3 Å². The van der Waals surface area contributed by atoms with Gasteiger partial charge in [0.2, 0.25) is 11.8 Å². The van der Waals surface area contributed by atoms with Crippen LogP contribution in [0.2, 0.25) is 0 Å². The van der Waals surface area contributed by atoms with Gasteiger partial charge in [0.25, 0.3) is 0 Å². The van der Waals surface area contributed by atoms with Crippen molar-refractivity contribution in [3.63, 3.8) is 0 Å². The Labute approximate surface area is 122 Å². The van der Waals surface area contributed by atoms with Crippen LogP contribution in [0, 0.1) is 0 Å². The molecule has 0 spiro atoms. The summed E-state index contributed by atoms with van der Waals surface area (Å²) >= 11 is 0. The fraction of sp³-hybridized carbons (Fsp3) is 0.400. The zero-order chi connectivity index (χ0) is 15.6. The molecular formula is C15H18N2O4. The van der Waals surface area contributed by atoms with E-state index in [1.807, 2.05) is 12.1 Å². The first-order valence-corrected chi connectivity index (χ1v) is 6.80. The minimum Gasteiger partial charge on any atom is -0.479 e. The van der Waals surface area contributed by atoms with Crippen molar-refractivity contribution < 1.29 is 19.5 Å². The average molecular weight is 290 g/mol. The van der Waals surface area contributed by atoms with Gasteiger partial charge in [-0.1, -0.05) is 24.3 Å². The maximum Gasteiger partial charge on any atom is 0.331 e. The van der Waals surface area contributed by atoms with E-state index in [4.69, 9.17) is 0 Å². The molecule has 1 aliphatic heterocycles. The first-order valence-electron chi connectivity index (χ1n) is 6.80. The minimum absolute atomic E-state index is 0.319. The summed E-state index contributed by atoms with van der Waals surface area (Å²) in [6.45, 7) is 3.21. The molecule has 21 heavy (non-hydrogen) atoms. The molecule has 1 aromatic carbocycles. The average Bonchev–Trinajstić information content (AvgIpc) is 2.44. The standard InChI is InChI=1S/C15H18N2O4/c1-9(16-10(2)18)14(19)17-8-7-11-5-3-4-6-12(11)13(17)15(20)21/h3-6,9,13H,7-8H2,1-2H3,(H,16,18)(H,20,21). The second kappa shape index (κ2) is 5.95. The molecule has 1 aliphatic rings. The first-order chi connectivity index (χ1) is 9.91. The topological polar surface area (TPSA) is 86.7 Å². The Hall–Kier alpha value is -2.37. The second-order valence-electron chi connectivity index (χ2n) is 5.14. The number of nitrogens with one attached hydrogen (secondary N) is 1. The maximum atomic E-state index is 12.4. The van der Waals surface area contributed by atoms with E-state index in [2.05, 4.69) is 5.32 Å². The van der Waals surface area contributed by atoms with Crippen molar-refractivity contribution in [2.24, 2.45) is 0 Å². The molecule has 6 nitrogen and oxygen atoms in total. The fourth-order valence-electron chi connectivity index (χ4n) is 2.69. The largest absolute Gasteiger partial charge is 0.479 e. The molecular weight excluding hydrogens is 272 g/mol. The number of rotatable bonds is 3. The Balaban J connectivity index is 2.30. The van der Waals surface area contributed by atoms with Gasteiger partial charge in [-0.25, -0.2) is 4.79 Å². The number of aliphatic carboxylic acids is 1. The molecule has 1 heterocycles. The molecule has 0 aromatic heterocycles. The van der Waals surface area contributed by atoms with Gasteiger partial charge in [-0.3, -0.25) is 9.59 Å². The molecule has 1 aromatic rings. The predicted molar refractivity (Wildman–Crippen MR) is 75.5 cm³/mol. The number of carbonyl (C=O) groups excluding carboxylic acids is 2. The number of carboxylic acids is 1. The highest BCUT2D eigenvalue weighted by Crippen LogP contribution is 2.30. The van der Waals surface area contributed by atoms with Crippen LogP contribution >= 0.6 is 0 Å². The third kappa shape index (κ3) is 3.04. The van der Waals surface area contributed by atoms with Gasteiger partial charge in [-0.05, 0) is 24.5 Å². The van der Waals surface area contributed by atoms with Gasteiger partial charge in [0.1, 0.15) is 6.04 Å². The lowest BCUT2D eigenvalue weighted by Crippen LogP contribution is -2.51. The van der Waals surface area contributed by atoms with Crippen LogP contribution in [0.3, 0.4) is 0 Å². The van der Waals surface area contributed by atoms with Gasteiger partial charge in [0, 0.05) is 13.5 Å².